The van der Waals surface area contributed by atoms with Gasteiger partial charge in [-0.15, -0.1) is 5.10 Å². The maximum Gasteiger partial charge on any atom is 0.253 e. The molecule has 0 spiro atoms. The van der Waals surface area contributed by atoms with E-state index in [2.05, 4.69) is 31.2 Å². The van der Waals surface area contributed by atoms with E-state index in [0.29, 0.717) is 26.8 Å². The molecular formula is C16H13BrF2N4O2. The molecule has 4 rings (SSSR count). The Morgan fingerprint density at radius 3 is 2.88 bits per heavy atom. The van der Waals surface area contributed by atoms with Gasteiger partial charge >= 0.3 is 0 Å². The van der Waals surface area contributed by atoms with Gasteiger partial charge in [0.25, 0.3) is 5.92 Å². The van der Waals surface area contributed by atoms with Crippen molar-refractivity contribution >= 4 is 27.0 Å². The van der Waals surface area contributed by atoms with Crippen molar-refractivity contribution < 1.29 is 18.6 Å². The number of aliphatic hydroxyl groups is 1. The van der Waals surface area contributed by atoms with E-state index in [1.807, 2.05) is 0 Å². The summed E-state index contributed by atoms with van der Waals surface area (Å²) >= 11 is 3.42. The lowest BCUT2D eigenvalue weighted by Gasteiger charge is -2.10. The van der Waals surface area contributed by atoms with Crippen molar-refractivity contribution in [3.05, 3.63) is 40.5 Å². The van der Waals surface area contributed by atoms with Crippen LogP contribution in [0.4, 0.5) is 8.78 Å². The van der Waals surface area contributed by atoms with Crippen LogP contribution in [0.1, 0.15) is 12.0 Å². The van der Waals surface area contributed by atoms with Crippen molar-refractivity contribution in [1.29, 1.82) is 0 Å². The summed E-state index contributed by atoms with van der Waals surface area (Å²) in [5.41, 5.74) is 1.71. The Bertz CT molecular complexity index is 947. The van der Waals surface area contributed by atoms with Gasteiger partial charge in [0, 0.05) is 24.1 Å². The van der Waals surface area contributed by atoms with Gasteiger partial charge in [-0.05, 0) is 40.2 Å². The average Bonchev–Trinajstić information content (AvgIpc) is 3.01. The van der Waals surface area contributed by atoms with Crippen molar-refractivity contribution in [2.45, 2.75) is 25.5 Å². The van der Waals surface area contributed by atoms with Crippen molar-refractivity contribution in [2.75, 3.05) is 0 Å². The molecule has 9 heteroatoms. The topological polar surface area (TPSA) is 73.1 Å². The molecule has 1 aromatic carbocycles. The first-order valence-corrected chi connectivity index (χ1v) is 8.41. The van der Waals surface area contributed by atoms with Gasteiger partial charge in [-0.1, -0.05) is 5.21 Å². The number of hydrogen-bond donors (Lipinski definition) is 1. The van der Waals surface area contributed by atoms with Crippen LogP contribution in [0, 0.1) is 5.92 Å². The van der Waals surface area contributed by atoms with Gasteiger partial charge in [-0.25, -0.2) is 18.4 Å². The van der Waals surface area contributed by atoms with E-state index < -0.39 is 11.8 Å². The summed E-state index contributed by atoms with van der Waals surface area (Å²) < 4.78 is 34.0. The van der Waals surface area contributed by atoms with Gasteiger partial charge in [-0.2, -0.15) is 0 Å². The Labute approximate surface area is 149 Å². The predicted molar refractivity (Wildman–Crippen MR) is 88.5 cm³/mol. The third-order valence-corrected chi connectivity index (χ3v) is 4.93. The molecule has 0 aliphatic heterocycles. The molecule has 1 aliphatic rings. The molecule has 25 heavy (non-hydrogen) atoms. The summed E-state index contributed by atoms with van der Waals surface area (Å²) in [6.45, 7) is -0.0696. The minimum atomic E-state index is -2.60. The number of alkyl halides is 2. The summed E-state index contributed by atoms with van der Waals surface area (Å²) in [5.74, 6) is -2.55. The van der Waals surface area contributed by atoms with E-state index >= 15 is 0 Å². The van der Waals surface area contributed by atoms with Gasteiger partial charge in [0.15, 0.2) is 0 Å². The van der Waals surface area contributed by atoms with Crippen molar-refractivity contribution in [1.82, 2.24) is 20.0 Å². The molecule has 2 heterocycles. The van der Waals surface area contributed by atoms with Gasteiger partial charge in [0.2, 0.25) is 5.88 Å². The SMILES string of the molecule is OCc1cccnc1Oc1ccc2c(nnn2CC2CC2(F)F)c1Br. The lowest BCUT2D eigenvalue weighted by molar-refractivity contribution is 0.0944. The number of halogens is 3. The van der Waals surface area contributed by atoms with E-state index in [0.717, 1.165) is 0 Å². The Morgan fingerprint density at radius 1 is 1.36 bits per heavy atom. The molecule has 2 aromatic heterocycles. The lowest BCUT2D eigenvalue weighted by atomic mass is 10.2. The monoisotopic (exact) mass is 410 g/mol. The first-order chi connectivity index (χ1) is 12.0. The van der Waals surface area contributed by atoms with Gasteiger partial charge in [0.1, 0.15) is 11.3 Å². The second kappa shape index (κ2) is 5.99. The zero-order valence-electron chi connectivity index (χ0n) is 12.9. The van der Waals surface area contributed by atoms with Gasteiger partial charge in [0.05, 0.1) is 23.1 Å². The van der Waals surface area contributed by atoms with E-state index in [-0.39, 0.29) is 25.5 Å². The Hall–Kier alpha value is -2.13. The van der Waals surface area contributed by atoms with Crippen molar-refractivity contribution in [2.24, 2.45) is 5.92 Å². The van der Waals surface area contributed by atoms with Crippen LogP contribution in [0.5, 0.6) is 11.6 Å². The minimum Gasteiger partial charge on any atom is -0.437 e. The lowest BCUT2D eigenvalue weighted by Crippen LogP contribution is -2.06. The smallest absolute Gasteiger partial charge is 0.253 e. The molecule has 1 atom stereocenters. The number of aliphatic hydroxyl groups excluding tert-OH is 1. The fourth-order valence-corrected chi connectivity index (χ4v) is 3.11. The molecule has 0 amide bonds. The number of benzene rings is 1. The molecule has 0 saturated heterocycles. The molecule has 1 unspecified atom stereocenters. The molecule has 1 saturated carbocycles. The predicted octanol–water partition coefficient (Wildman–Crippen LogP) is 3.53. The highest BCUT2D eigenvalue weighted by Gasteiger charge is 2.57. The highest BCUT2D eigenvalue weighted by molar-refractivity contribution is 9.10. The quantitative estimate of drug-likeness (QED) is 0.696. The summed E-state index contributed by atoms with van der Waals surface area (Å²) in [6.07, 6.45) is 1.45. The summed E-state index contributed by atoms with van der Waals surface area (Å²) in [7, 11) is 0. The Morgan fingerprint density at radius 2 is 2.16 bits per heavy atom. The normalized spacial score (nSPS) is 18.5. The fraction of sp³-hybridized carbons (Fsp3) is 0.312. The third kappa shape index (κ3) is 2.98. The first kappa shape index (κ1) is 16.3. The van der Waals surface area contributed by atoms with E-state index in [9.17, 15) is 13.9 Å². The molecule has 6 nitrogen and oxygen atoms in total. The van der Waals surface area contributed by atoms with Crippen LogP contribution in [0.25, 0.3) is 11.0 Å². The summed E-state index contributed by atoms with van der Waals surface area (Å²) in [4.78, 5) is 4.11. The number of rotatable bonds is 5. The van der Waals surface area contributed by atoms with Crippen LogP contribution < -0.4 is 4.74 Å². The number of fused-ring (bicyclic) bond motifs is 1. The van der Waals surface area contributed by atoms with Crippen LogP contribution in [0.2, 0.25) is 0 Å². The number of ether oxygens (including phenoxy) is 1. The average molecular weight is 411 g/mol. The molecular weight excluding hydrogens is 398 g/mol. The molecule has 1 N–H and O–H groups in total. The summed E-state index contributed by atoms with van der Waals surface area (Å²) in [5, 5.41) is 17.4. The van der Waals surface area contributed by atoms with E-state index in [4.69, 9.17) is 4.74 Å². The summed E-state index contributed by atoms with van der Waals surface area (Å²) in [6, 6.07) is 6.82. The number of aromatic nitrogens is 4. The number of pyridine rings is 1. The Balaban J connectivity index is 1.64. The highest BCUT2D eigenvalue weighted by atomic mass is 79.9. The van der Waals surface area contributed by atoms with Crippen molar-refractivity contribution in [3.8, 4) is 11.6 Å². The zero-order chi connectivity index (χ0) is 17.6. The van der Waals surface area contributed by atoms with Gasteiger partial charge in [-0.3, -0.25) is 0 Å². The second-order valence-electron chi connectivity index (χ2n) is 5.91. The molecule has 1 aliphatic carbocycles. The molecule has 130 valence electrons. The second-order valence-corrected chi connectivity index (χ2v) is 6.70. The van der Waals surface area contributed by atoms with Gasteiger partial charge < -0.3 is 9.84 Å². The Kier molecular flexibility index (Phi) is 3.92. The van der Waals surface area contributed by atoms with Crippen LogP contribution in [0.15, 0.2) is 34.9 Å². The standard InChI is InChI=1S/C16H13BrF2N4O2/c17-13-12(25-15-9(8-24)2-1-5-20-15)4-3-11-14(13)21-22-23(11)7-10-6-16(10,18)19/h1-5,10,24H,6-8H2. The molecule has 1 fully saturated rings. The van der Waals surface area contributed by atoms with Crippen LogP contribution in [0.3, 0.4) is 0 Å². The van der Waals surface area contributed by atoms with E-state index in [1.165, 1.54) is 4.68 Å². The zero-order valence-corrected chi connectivity index (χ0v) is 14.4. The number of nitrogens with zero attached hydrogens (tertiary/aromatic N) is 4. The molecule has 0 radical (unpaired) electrons. The first-order valence-electron chi connectivity index (χ1n) is 7.61. The highest BCUT2D eigenvalue weighted by Crippen LogP contribution is 2.49. The maximum absolute atomic E-state index is 13.1. The fourth-order valence-electron chi connectivity index (χ4n) is 2.62. The molecule has 3 aromatic rings. The van der Waals surface area contributed by atoms with Crippen LogP contribution >= 0.6 is 15.9 Å². The van der Waals surface area contributed by atoms with Crippen molar-refractivity contribution in [3.63, 3.8) is 0 Å². The maximum atomic E-state index is 13.1. The molecule has 0 bridgehead atoms. The van der Waals surface area contributed by atoms with Crippen LogP contribution in [-0.2, 0) is 13.2 Å². The number of hydrogen-bond acceptors (Lipinski definition) is 5. The van der Waals surface area contributed by atoms with E-state index in [1.54, 1.807) is 30.5 Å². The van der Waals surface area contributed by atoms with Crippen LogP contribution in [-0.4, -0.2) is 31.0 Å². The third-order valence-electron chi connectivity index (χ3n) is 4.17. The largest absolute Gasteiger partial charge is 0.437 e. The minimum absolute atomic E-state index is 0.111.